The average molecular weight is 433 g/mol. The summed E-state index contributed by atoms with van der Waals surface area (Å²) in [5, 5.41) is -1.05. The van der Waals surface area contributed by atoms with E-state index in [2.05, 4.69) is 15.6 Å². The molecule has 0 fully saturated rings. The summed E-state index contributed by atoms with van der Waals surface area (Å²) in [7, 11) is -5.12. The molecule has 0 heterocycles. The fourth-order valence-electron chi connectivity index (χ4n) is 2.27. The summed E-state index contributed by atoms with van der Waals surface area (Å²) >= 11 is 0. The zero-order valence-corrected chi connectivity index (χ0v) is 15.8. The van der Waals surface area contributed by atoms with Crippen LogP contribution in [0.2, 0.25) is 0 Å². The minimum absolute atomic E-state index is 0.476. The lowest BCUT2D eigenvalue weighted by molar-refractivity contribution is -0.288. The van der Waals surface area contributed by atoms with Crippen molar-refractivity contribution < 1.29 is 44.7 Å². The summed E-state index contributed by atoms with van der Waals surface area (Å²) in [4.78, 5) is 12.2. The number of hydrogen-bond donors (Lipinski definition) is 1. The molecule has 0 atom stereocenters. The molecule has 1 amide bonds. The van der Waals surface area contributed by atoms with E-state index in [1.54, 1.807) is 0 Å². The maximum Gasteiger partial charge on any atom is 0.425 e. The van der Waals surface area contributed by atoms with Crippen LogP contribution in [0.4, 0.5) is 26.3 Å². The van der Waals surface area contributed by atoms with Gasteiger partial charge >= 0.3 is 19.9 Å². The summed E-state index contributed by atoms with van der Waals surface area (Å²) in [5.41, 5.74) is -5.54. The highest BCUT2D eigenvalue weighted by Gasteiger charge is 2.76. The van der Waals surface area contributed by atoms with Crippen LogP contribution in [-0.2, 0) is 13.6 Å². The van der Waals surface area contributed by atoms with Crippen molar-refractivity contribution in [1.29, 1.82) is 0 Å². The van der Waals surface area contributed by atoms with Gasteiger partial charge in [-0.05, 0) is 26.0 Å². The molecule has 0 saturated carbocycles. The lowest BCUT2D eigenvalue weighted by Crippen LogP contribution is -2.68. The second kappa shape index (κ2) is 8.67. The van der Waals surface area contributed by atoms with Crippen LogP contribution in [0, 0.1) is 0 Å². The third kappa shape index (κ3) is 4.59. The highest BCUT2D eigenvalue weighted by Crippen LogP contribution is 2.64. The second-order valence-corrected chi connectivity index (χ2v) is 7.40. The van der Waals surface area contributed by atoms with Gasteiger partial charge < -0.3 is 14.4 Å². The van der Waals surface area contributed by atoms with Crippen LogP contribution in [0.3, 0.4) is 0 Å². The molecule has 1 aromatic rings. The number of hydrogen-bond acceptors (Lipinski definition) is 4. The maximum absolute atomic E-state index is 13.8. The van der Waals surface area contributed by atoms with Crippen LogP contribution in [0.25, 0.3) is 0 Å². The first-order valence-electron chi connectivity index (χ1n) is 7.87. The number of rotatable bonds is 8. The van der Waals surface area contributed by atoms with Crippen LogP contribution >= 0.6 is 7.60 Å². The molecule has 0 saturated heterocycles. The predicted molar refractivity (Wildman–Crippen MR) is 88.7 cm³/mol. The lowest BCUT2D eigenvalue weighted by atomic mass is 9.96. The van der Waals surface area contributed by atoms with Gasteiger partial charge in [0.2, 0.25) is 0 Å². The van der Waals surface area contributed by atoms with Gasteiger partial charge in [0.15, 0.2) is 0 Å². The molecule has 5 nitrogen and oxygen atoms in total. The highest BCUT2D eigenvalue weighted by molar-refractivity contribution is 7.58. The van der Waals surface area contributed by atoms with E-state index in [9.17, 15) is 35.7 Å². The van der Waals surface area contributed by atoms with E-state index in [1.165, 1.54) is 32.0 Å². The molecule has 1 rings (SSSR count). The quantitative estimate of drug-likeness (QED) is 0.460. The molecule has 0 aliphatic heterocycles. The molecule has 0 aliphatic carbocycles. The molecule has 0 radical (unpaired) electrons. The summed E-state index contributed by atoms with van der Waals surface area (Å²) in [5.74, 6) is -1.70. The van der Waals surface area contributed by atoms with E-state index in [0.29, 0.717) is 0 Å². The Kier molecular flexibility index (Phi) is 7.49. The molecule has 1 aromatic carbocycles. The number of carbonyl (C=O) groups excluding carboxylic acids is 1. The predicted octanol–water partition coefficient (Wildman–Crippen LogP) is 5.06. The largest absolute Gasteiger partial charge is 0.425 e. The minimum atomic E-state index is -6.16. The third-order valence-corrected chi connectivity index (χ3v) is 5.74. The molecule has 0 unspecified atom stereocenters. The van der Waals surface area contributed by atoms with Crippen LogP contribution in [0.15, 0.2) is 42.2 Å². The average Bonchev–Trinajstić information content (AvgIpc) is 2.57. The molecule has 0 aromatic heterocycles. The Morgan fingerprint density at radius 1 is 1.00 bits per heavy atom. The molecular formula is C16H18F6NO4P. The Bertz CT molecular complexity index is 724. The molecule has 0 spiro atoms. The van der Waals surface area contributed by atoms with Crippen LogP contribution < -0.4 is 5.32 Å². The Hall–Kier alpha value is -1.84. The van der Waals surface area contributed by atoms with Crippen molar-refractivity contribution in [3.05, 3.63) is 47.8 Å². The molecule has 158 valence electrons. The van der Waals surface area contributed by atoms with Gasteiger partial charge in [0.05, 0.1) is 18.5 Å². The monoisotopic (exact) mass is 433 g/mol. The van der Waals surface area contributed by atoms with Gasteiger partial charge in [0, 0.05) is 5.56 Å². The van der Waals surface area contributed by atoms with E-state index in [-0.39, 0.29) is 0 Å². The van der Waals surface area contributed by atoms with Crippen LogP contribution in [-0.4, -0.2) is 37.0 Å². The number of alkyl halides is 6. The van der Waals surface area contributed by atoms with E-state index in [0.717, 1.165) is 17.4 Å². The minimum Gasteiger partial charge on any atom is -0.327 e. The first-order chi connectivity index (χ1) is 12.8. The Labute approximate surface area is 157 Å². The molecular weight excluding hydrogens is 415 g/mol. The van der Waals surface area contributed by atoms with Crippen molar-refractivity contribution in [3.63, 3.8) is 0 Å². The van der Waals surface area contributed by atoms with Gasteiger partial charge in [0.1, 0.15) is 0 Å². The molecule has 1 N–H and O–H groups in total. The standard InChI is InChI=1S/C16H18F6NO4P/c1-4-26-28(25,27-5-2)11(3)14(15(17,18)19,16(20,21)22)23-13(24)12-9-7-6-8-10-12/h6-10H,3-5H2,1-2H3,(H,23,24). The molecule has 0 bridgehead atoms. The van der Waals surface area contributed by atoms with Gasteiger partial charge in [-0.25, -0.2) is 0 Å². The SMILES string of the molecule is C=C(C(NC(=O)c1ccccc1)(C(F)(F)F)C(F)(F)F)P(=O)(OCC)OCC. The van der Waals surface area contributed by atoms with Gasteiger partial charge in [-0.3, -0.25) is 9.36 Å². The van der Waals surface area contributed by atoms with Gasteiger partial charge in [-0.1, -0.05) is 24.8 Å². The zero-order valence-electron chi connectivity index (χ0n) is 14.9. The number of carbonyl (C=O) groups is 1. The van der Waals surface area contributed by atoms with Crippen molar-refractivity contribution in [3.8, 4) is 0 Å². The van der Waals surface area contributed by atoms with Crippen molar-refractivity contribution in [2.24, 2.45) is 0 Å². The van der Waals surface area contributed by atoms with E-state index < -0.39 is 55.5 Å². The fraction of sp³-hybridized carbons (Fsp3) is 0.438. The smallest absolute Gasteiger partial charge is 0.327 e. The maximum atomic E-state index is 13.8. The zero-order chi connectivity index (χ0) is 21.8. The fourth-order valence-corrected chi connectivity index (χ4v) is 4.06. The third-order valence-electron chi connectivity index (χ3n) is 3.55. The Morgan fingerprint density at radius 3 is 1.79 bits per heavy atom. The van der Waals surface area contributed by atoms with Crippen molar-refractivity contribution in [2.45, 2.75) is 31.7 Å². The summed E-state index contributed by atoms with van der Waals surface area (Å²) in [6.07, 6.45) is -12.3. The van der Waals surface area contributed by atoms with E-state index in [4.69, 9.17) is 0 Å². The van der Waals surface area contributed by atoms with Crippen molar-refractivity contribution >= 4 is 13.5 Å². The van der Waals surface area contributed by atoms with Crippen molar-refractivity contribution in [2.75, 3.05) is 13.2 Å². The number of amides is 1. The van der Waals surface area contributed by atoms with Crippen LogP contribution in [0.1, 0.15) is 24.2 Å². The van der Waals surface area contributed by atoms with E-state index >= 15 is 0 Å². The summed E-state index contributed by atoms with van der Waals surface area (Å²) in [6, 6.07) is 5.94. The molecule has 12 heteroatoms. The molecule has 28 heavy (non-hydrogen) atoms. The Morgan fingerprint density at radius 2 is 1.43 bits per heavy atom. The van der Waals surface area contributed by atoms with Crippen molar-refractivity contribution in [1.82, 2.24) is 5.32 Å². The van der Waals surface area contributed by atoms with Gasteiger partial charge in [-0.2, -0.15) is 26.3 Å². The highest BCUT2D eigenvalue weighted by atomic mass is 31.2. The molecule has 0 aliphatic rings. The summed E-state index contributed by atoms with van der Waals surface area (Å²) < 4.78 is 105. The number of benzene rings is 1. The van der Waals surface area contributed by atoms with Gasteiger partial charge in [-0.15, -0.1) is 0 Å². The number of nitrogens with one attached hydrogen (secondary N) is 1. The van der Waals surface area contributed by atoms with Crippen LogP contribution in [0.5, 0.6) is 0 Å². The Balaban J connectivity index is 3.66. The first kappa shape index (κ1) is 24.2. The normalized spacial score (nSPS) is 13.3. The second-order valence-electron chi connectivity index (χ2n) is 5.35. The lowest BCUT2D eigenvalue weighted by Gasteiger charge is -2.40. The van der Waals surface area contributed by atoms with E-state index in [1.807, 2.05) is 0 Å². The van der Waals surface area contributed by atoms with Gasteiger partial charge in [0.25, 0.3) is 11.4 Å². The summed E-state index contributed by atoms with van der Waals surface area (Å²) in [6.45, 7) is 4.11. The number of halogens is 6. The topological polar surface area (TPSA) is 64.6 Å². The first-order valence-corrected chi connectivity index (χ1v) is 9.41.